The number of carbonyl (C=O) groups is 3. The molecule has 0 radical (unpaired) electrons. The molecule has 0 aliphatic carbocycles. The fraction of sp³-hybridized carbons (Fsp3) is 0.241. The van der Waals surface area contributed by atoms with E-state index in [0.717, 1.165) is 16.7 Å². The maximum atomic E-state index is 12.3. The summed E-state index contributed by atoms with van der Waals surface area (Å²) in [5.74, 6) is -1.16. The number of anilines is 1. The average Bonchev–Trinajstić information content (AvgIpc) is 2.86. The van der Waals surface area contributed by atoms with Crippen molar-refractivity contribution in [1.29, 1.82) is 0 Å². The molecule has 0 saturated carbocycles. The minimum atomic E-state index is -0.888. The molecule has 8 nitrogen and oxygen atoms in total. The van der Waals surface area contributed by atoms with Crippen LogP contribution in [0.1, 0.15) is 47.6 Å². The molecule has 0 spiro atoms. The van der Waals surface area contributed by atoms with Crippen molar-refractivity contribution in [2.45, 2.75) is 40.2 Å². The standard InChI is InChI=1S/C29H32N4O4/c1-19(2)23-11-9-22(10-12-23)16-30-28(35)29(36)33-31-17-24-7-5-6-8-26(24)37-18-27(34)32-25-14-20(3)13-21(4)15-25/h5-15,17,19H,16,18H2,1-4H3,(H,30,35)(H,32,34)(H,33,36)/b31-17-. The molecular weight excluding hydrogens is 468 g/mol. The first kappa shape index (κ1) is 27.1. The number of ether oxygens (including phenoxy) is 1. The largest absolute Gasteiger partial charge is 0.483 e. The van der Waals surface area contributed by atoms with E-state index >= 15 is 0 Å². The summed E-state index contributed by atoms with van der Waals surface area (Å²) in [4.78, 5) is 36.5. The average molecular weight is 501 g/mol. The minimum Gasteiger partial charge on any atom is -0.483 e. The van der Waals surface area contributed by atoms with Gasteiger partial charge in [0.25, 0.3) is 5.91 Å². The summed E-state index contributed by atoms with van der Waals surface area (Å²) in [6, 6.07) is 20.6. The third kappa shape index (κ3) is 8.61. The number of hydrogen-bond acceptors (Lipinski definition) is 5. The smallest absolute Gasteiger partial charge is 0.329 e. The van der Waals surface area contributed by atoms with Crippen LogP contribution in [0.4, 0.5) is 5.69 Å². The second-order valence-electron chi connectivity index (χ2n) is 9.03. The van der Waals surface area contributed by atoms with Crippen LogP contribution in [0.3, 0.4) is 0 Å². The highest BCUT2D eigenvalue weighted by atomic mass is 16.5. The summed E-state index contributed by atoms with van der Waals surface area (Å²) in [5, 5.41) is 9.25. The maximum absolute atomic E-state index is 12.3. The number of carbonyl (C=O) groups excluding carboxylic acids is 3. The number of aryl methyl sites for hydroxylation is 2. The molecule has 0 aromatic heterocycles. The lowest BCUT2D eigenvalue weighted by atomic mass is 10.0. The number of nitrogens with zero attached hydrogens (tertiary/aromatic N) is 1. The number of hydrogen-bond donors (Lipinski definition) is 3. The van der Waals surface area contributed by atoms with Gasteiger partial charge in [0.1, 0.15) is 5.75 Å². The van der Waals surface area contributed by atoms with Crippen LogP contribution in [0.15, 0.2) is 71.8 Å². The molecule has 192 valence electrons. The molecule has 37 heavy (non-hydrogen) atoms. The van der Waals surface area contributed by atoms with Gasteiger partial charge in [-0.1, -0.05) is 56.3 Å². The predicted molar refractivity (Wildman–Crippen MR) is 145 cm³/mol. The molecule has 0 atom stereocenters. The Kier molecular flexibility index (Phi) is 9.55. The quantitative estimate of drug-likeness (QED) is 0.232. The van der Waals surface area contributed by atoms with Crippen molar-refractivity contribution in [2.24, 2.45) is 5.10 Å². The fourth-order valence-corrected chi connectivity index (χ4v) is 3.60. The zero-order valence-corrected chi connectivity index (χ0v) is 21.5. The first-order valence-electron chi connectivity index (χ1n) is 12.0. The molecule has 0 heterocycles. The Morgan fingerprint density at radius 3 is 2.27 bits per heavy atom. The van der Waals surface area contributed by atoms with Crippen LogP contribution >= 0.6 is 0 Å². The van der Waals surface area contributed by atoms with Crippen LogP contribution in [0.2, 0.25) is 0 Å². The van der Waals surface area contributed by atoms with Gasteiger partial charge in [0.2, 0.25) is 0 Å². The summed E-state index contributed by atoms with van der Waals surface area (Å²) in [5.41, 5.74) is 7.64. The molecule has 0 aliphatic rings. The third-order valence-electron chi connectivity index (χ3n) is 5.46. The van der Waals surface area contributed by atoms with Crippen LogP contribution < -0.4 is 20.8 Å². The Hall–Kier alpha value is -4.46. The number of hydrazone groups is 1. The van der Waals surface area contributed by atoms with Crippen molar-refractivity contribution in [3.05, 3.63) is 94.5 Å². The second-order valence-corrected chi connectivity index (χ2v) is 9.03. The van der Waals surface area contributed by atoms with Crippen molar-refractivity contribution in [3.8, 4) is 5.75 Å². The Morgan fingerprint density at radius 1 is 0.919 bits per heavy atom. The van der Waals surface area contributed by atoms with E-state index in [1.165, 1.54) is 11.8 Å². The molecule has 0 fully saturated rings. The van der Waals surface area contributed by atoms with E-state index in [1.54, 1.807) is 24.3 Å². The molecular formula is C29H32N4O4. The van der Waals surface area contributed by atoms with E-state index in [4.69, 9.17) is 4.74 Å². The van der Waals surface area contributed by atoms with E-state index in [-0.39, 0.29) is 19.1 Å². The van der Waals surface area contributed by atoms with Gasteiger partial charge in [-0.25, -0.2) is 5.43 Å². The fourth-order valence-electron chi connectivity index (χ4n) is 3.60. The lowest BCUT2D eigenvalue weighted by Gasteiger charge is -2.10. The Balaban J connectivity index is 1.49. The zero-order chi connectivity index (χ0) is 26.8. The van der Waals surface area contributed by atoms with Crippen LogP contribution in [-0.2, 0) is 20.9 Å². The molecule has 3 amide bonds. The Labute approximate surface area is 217 Å². The van der Waals surface area contributed by atoms with Gasteiger partial charge >= 0.3 is 11.8 Å². The third-order valence-corrected chi connectivity index (χ3v) is 5.46. The van der Waals surface area contributed by atoms with Gasteiger partial charge in [-0.15, -0.1) is 0 Å². The van der Waals surface area contributed by atoms with E-state index in [0.29, 0.717) is 22.9 Å². The molecule has 3 rings (SSSR count). The van der Waals surface area contributed by atoms with Gasteiger partial charge in [0.15, 0.2) is 6.61 Å². The van der Waals surface area contributed by atoms with Crippen LogP contribution in [0.5, 0.6) is 5.75 Å². The summed E-state index contributed by atoms with van der Waals surface area (Å²) in [6.45, 7) is 8.16. The lowest BCUT2D eigenvalue weighted by molar-refractivity contribution is -0.139. The van der Waals surface area contributed by atoms with Gasteiger partial charge in [-0.05, 0) is 66.3 Å². The van der Waals surface area contributed by atoms with Crippen molar-refractivity contribution in [3.63, 3.8) is 0 Å². The number of rotatable bonds is 9. The van der Waals surface area contributed by atoms with Crippen LogP contribution in [0, 0.1) is 13.8 Å². The summed E-state index contributed by atoms with van der Waals surface area (Å²) >= 11 is 0. The molecule has 0 aliphatic heterocycles. The highest BCUT2D eigenvalue weighted by Crippen LogP contribution is 2.17. The van der Waals surface area contributed by atoms with Gasteiger partial charge in [0.05, 0.1) is 6.21 Å². The number of benzene rings is 3. The first-order chi connectivity index (χ1) is 17.7. The van der Waals surface area contributed by atoms with Crippen molar-refractivity contribution < 1.29 is 19.1 Å². The number of nitrogens with one attached hydrogen (secondary N) is 3. The summed E-state index contributed by atoms with van der Waals surface area (Å²) in [7, 11) is 0. The van der Waals surface area contributed by atoms with Crippen molar-refractivity contribution in [1.82, 2.24) is 10.7 Å². The molecule has 3 aromatic rings. The topological polar surface area (TPSA) is 109 Å². The van der Waals surface area contributed by atoms with Crippen LogP contribution in [-0.4, -0.2) is 30.5 Å². The molecule has 8 heteroatoms. The maximum Gasteiger partial charge on any atom is 0.329 e. The highest BCUT2D eigenvalue weighted by Gasteiger charge is 2.12. The lowest BCUT2D eigenvalue weighted by Crippen LogP contribution is -2.37. The summed E-state index contributed by atoms with van der Waals surface area (Å²) < 4.78 is 5.65. The van der Waals surface area contributed by atoms with E-state index in [2.05, 4.69) is 35.0 Å². The molecule has 0 bridgehead atoms. The molecule has 3 N–H and O–H groups in total. The monoisotopic (exact) mass is 500 g/mol. The molecule has 0 unspecified atom stereocenters. The second kappa shape index (κ2) is 13.0. The van der Waals surface area contributed by atoms with Crippen LogP contribution in [0.25, 0.3) is 0 Å². The Morgan fingerprint density at radius 2 is 1.59 bits per heavy atom. The first-order valence-corrected chi connectivity index (χ1v) is 12.0. The number of para-hydroxylation sites is 1. The van der Waals surface area contributed by atoms with E-state index in [9.17, 15) is 14.4 Å². The SMILES string of the molecule is Cc1cc(C)cc(NC(=O)COc2ccccc2/C=N\NC(=O)C(=O)NCc2ccc(C(C)C)cc2)c1. The van der Waals surface area contributed by atoms with Gasteiger partial charge in [-0.3, -0.25) is 14.4 Å². The van der Waals surface area contributed by atoms with Gasteiger partial charge < -0.3 is 15.4 Å². The molecule has 0 saturated heterocycles. The van der Waals surface area contributed by atoms with Crippen molar-refractivity contribution in [2.75, 3.05) is 11.9 Å². The van der Waals surface area contributed by atoms with E-state index in [1.807, 2.05) is 56.3 Å². The van der Waals surface area contributed by atoms with Gasteiger partial charge in [-0.2, -0.15) is 5.10 Å². The minimum absolute atomic E-state index is 0.204. The van der Waals surface area contributed by atoms with Gasteiger partial charge in [0, 0.05) is 17.8 Å². The molecule has 3 aromatic carbocycles. The normalized spacial score (nSPS) is 10.8. The summed E-state index contributed by atoms with van der Waals surface area (Å²) in [6.07, 6.45) is 1.35. The predicted octanol–water partition coefficient (Wildman–Crippen LogP) is 4.21. The Bertz CT molecular complexity index is 1260. The van der Waals surface area contributed by atoms with E-state index < -0.39 is 11.8 Å². The van der Waals surface area contributed by atoms with Crippen molar-refractivity contribution >= 4 is 29.6 Å². The number of amides is 3. The zero-order valence-electron chi connectivity index (χ0n) is 21.5. The highest BCUT2D eigenvalue weighted by molar-refractivity contribution is 6.35.